The number of aliphatic hydroxyl groups is 1. The number of ketones is 1. The van der Waals surface area contributed by atoms with Crippen LogP contribution in [0.4, 0.5) is 0 Å². The predicted molar refractivity (Wildman–Crippen MR) is 42.3 cm³/mol. The monoisotopic (exact) mass is 157 g/mol. The van der Waals surface area contributed by atoms with Crippen LogP contribution in [0.3, 0.4) is 0 Å². The molecule has 1 saturated heterocycles. The van der Waals surface area contributed by atoms with E-state index in [9.17, 15) is 4.79 Å². The van der Waals surface area contributed by atoms with Crippen molar-refractivity contribution in [1.82, 2.24) is 5.32 Å². The minimum Gasteiger partial charge on any atom is -0.396 e. The van der Waals surface area contributed by atoms with Crippen molar-refractivity contribution in [3.05, 3.63) is 0 Å². The highest BCUT2D eigenvalue weighted by Crippen LogP contribution is 2.13. The van der Waals surface area contributed by atoms with E-state index in [-0.39, 0.29) is 18.3 Å². The SMILES string of the molecule is O=C(CCO)C1CCNCC1. The molecule has 3 nitrogen and oxygen atoms in total. The van der Waals surface area contributed by atoms with E-state index >= 15 is 0 Å². The maximum Gasteiger partial charge on any atom is 0.138 e. The van der Waals surface area contributed by atoms with Crippen molar-refractivity contribution < 1.29 is 9.90 Å². The van der Waals surface area contributed by atoms with Crippen molar-refractivity contribution in [3.63, 3.8) is 0 Å². The molecule has 64 valence electrons. The van der Waals surface area contributed by atoms with E-state index in [0.29, 0.717) is 6.42 Å². The Bertz CT molecular complexity index is 130. The molecule has 0 unspecified atom stereocenters. The number of hydrogen-bond acceptors (Lipinski definition) is 3. The van der Waals surface area contributed by atoms with Gasteiger partial charge in [0.15, 0.2) is 0 Å². The lowest BCUT2D eigenvalue weighted by molar-refractivity contribution is -0.124. The molecule has 1 rings (SSSR count). The molecule has 1 heterocycles. The van der Waals surface area contributed by atoms with E-state index in [1.54, 1.807) is 0 Å². The first kappa shape index (κ1) is 8.68. The average Bonchev–Trinajstić information content (AvgIpc) is 2.07. The van der Waals surface area contributed by atoms with Gasteiger partial charge in [-0.1, -0.05) is 0 Å². The molecular formula is C8H15NO2. The summed E-state index contributed by atoms with van der Waals surface area (Å²) in [7, 11) is 0. The summed E-state index contributed by atoms with van der Waals surface area (Å²) in [5.74, 6) is 0.442. The molecule has 0 aromatic carbocycles. The maximum atomic E-state index is 11.2. The Kier molecular flexibility index (Phi) is 3.52. The lowest BCUT2D eigenvalue weighted by atomic mass is 9.92. The van der Waals surface area contributed by atoms with Crippen molar-refractivity contribution in [1.29, 1.82) is 0 Å². The van der Waals surface area contributed by atoms with Crippen LogP contribution in [0, 0.1) is 5.92 Å². The quantitative estimate of drug-likeness (QED) is 0.603. The fourth-order valence-corrected chi connectivity index (χ4v) is 1.46. The van der Waals surface area contributed by atoms with E-state index in [1.807, 2.05) is 0 Å². The Morgan fingerprint density at radius 2 is 2.09 bits per heavy atom. The zero-order valence-electron chi connectivity index (χ0n) is 6.68. The van der Waals surface area contributed by atoms with Crippen LogP contribution >= 0.6 is 0 Å². The standard InChI is InChI=1S/C8H15NO2/c10-6-3-8(11)7-1-4-9-5-2-7/h7,9-10H,1-6H2. The molecule has 2 N–H and O–H groups in total. The summed E-state index contributed by atoms with van der Waals surface area (Å²) in [6, 6.07) is 0. The highest BCUT2D eigenvalue weighted by molar-refractivity contribution is 5.81. The molecule has 0 bridgehead atoms. The first-order chi connectivity index (χ1) is 5.34. The third-order valence-corrected chi connectivity index (χ3v) is 2.15. The molecule has 0 spiro atoms. The maximum absolute atomic E-state index is 11.2. The van der Waals surface area contributed by atoms with Gasteiger partial charge in [-0.05, 0) is 25.9 Å². The molecule has 0 aliphatic carbocycles. The highest BCUT2D eigenvalue weighted by Gasteiger charge is 2.19. The van der Waals surface area contributed by atoms with Crippen molar-refractivity contribution in [2.45, 2.75) is 19.3 Å². The van der Waals surface area contributed by atoms with Gasteiger partial charge in [0.05, 0.1) is 0 Å². The van der Waals surface area contributed by atoms with E-state index in [1.165, 1.54) is 0 Å². The van der Waals surface area contributed by atoms with E-state index < -0.39 is 0 Å². The van der Waals surface area contributed by atoms with E-state index in [4.69, 9.17) is 5.11 Å². The molecule has 0 aromatic heterocycles. The number of aliphatic hydroxyl groups excluding tert-OH is 1. The Hall–Kier alpha value is -0.410. The molecule has 0 amide bonds. The topological polar surface area (TPSA) is 49.3 Å². The van der Waals surface area contributed by atoms with Crippen LogP contribution in [-0.2, 0) is 4.79 Å². The molecule has 0 atom stereocenters. The number of Topliss-reactive ketones (excluding diaryl/α,β-unsaturated/α-hetero) is 1. The van der Waals surface area contributed by atoms with Crippen LogP contribution in [-0.4, -0.2) is 30.6 Å². The number of nitrogens with one attached hydrogen (secondary N) is 1. The van der Waals surface area contributed by atoms with Crippen LogP contribution in [0.15, 0.2) is 0 Å². The van der Waals surface area contributed by atoms with Gasteiger partial charge in [0, 0.05) is 18.9 Å². The van der Waals surface area contributed by atoms with Gasteiger partial charge in [-0.15, -0.1) is 0 Å². The number of piperidine rings is 1. The normalized spacial score (nSPS) is 20.1. The van der Waals surface area contributed by atoms with Crippen LogP contribution < -0.4 is 5.32 Å². The summed E-state index contributed by atoms with van der Waals surface area (Å²) in [5.41, 5.74) is 0. The van der Waals surface area contributed by atoms with Crippen molar-refractivity contribution >= 4 is 5.78 Å². The summed E-state index contributed by atoms with van der Waals surface area (Å²) in [5, 5.41) is 11.7. The van der Waals surface area contributed by atoms with Gasteiger partial charge in [-0.3, -0.25) is 4.79 Å². The van der Waals surface area contributed by atoms with Gasteiger partial charge in [-0.25, -0.2) is 0 Å². The number of rotatable bonds is 3. The summed E-state index contributed by atoms with van der Waals surface area (Å²) in [6.45, 7) is 1.90. The molecular weight excluding hydrogens is 142 g/mol. The molecule has 0 aromatic rings. The second kappa shape index (κ2) is 4.46. The van der Waals surface area contributed by atoms with Gasteiger partial charge in [-0.2, -0.15) is 0 Å². The summed E-state index contributed by atoms with van der Waals surface area (Å²) in [4.78, 5) is 11.2. The predicted octanol–water partition coefficient (Wildman–Crippen LogP) is -0.0625. The van der Waals surface area contributed by atoms with Gasteiger partial charge in [0.2, 0.25) is 0 Å². The van der Waals surface area contributed by atoms with Gasteiger partial charge >= 0.3 is 0 Å². The van der Waals surface area contributed by atoms with Gasteiger partial charge < -0.3 is 10.4 Å². The zero-order valence-corrected chi connectivity index (χ0v) is 6.68. The third-order valence-electron chi connectivity index (χ3n) is 2.15. The lowest BCUT2D eigenvalue weighted by Crippen LogP contribution is -2.32. The third kappa shape index (κ3) is 2.60. The molecule has 1 aliphatic rings. The van der Waals surface area contributed by atoms with Crippen LogP contribution in [0.25, 0.3) is 0 Å². The fourth-order valence-electron chi connectivity index (χ4n) is 1.46. The van der Waals surface area contributed by atoms with Crippen LogP contribution in [0.2, 0.25) is 0 Å². The molecule has 11 heavy (non-hydrogen) atoms. The van der Waals surface area contributed by atoms with E-state index in [0.717, 1.165) is 25.9 Å². The molecule has 0 saturated carbocycles. The molecule has 3 heteroatoms. The minimum absolute atomic E-state index is 0.00274. The van der Waals surface area contributed by atoms with Gasteiger partial charge in [0.1, 0.15) is 5.78 Å². The largest absolute Gasteiger partial charge is 0.396 e. The second-order valence-electron chi connectivity index (χ2n) is 2.96. The second-order valence-corrected chi connectivity index (χ2v) is 2.96. The Labute approximate surface area is 66.8 Å². The van der Waals surface area contributed by atoms with Gasteiger partial charge in [0.25, 0.3) is 0 Å². The van der Waals surface area contributed by atoms with Crippen molar-refractivity contribution in [2.24, 2.45) is 5.92 Å². The molecule has 1 aliphatic heterocycles. The van der Waals surface area contributed by atoms with Crippen molar-refractivity contribution in [3.8, 4) is 0 Å². The average molecular weight is 157 g/mol. The number of carbonyl (C=O) groups excluding carboxylic acids is 1. The van der Waals surface area contributed by atoms with Crippen LogP contribution in [0.1, 0.15) is 19.3 Å². The first-order valence-electron chi connectivity index (χ1n) is 4.19. The Balaban J connectivity index is 2.27. The minimum atomic E-state index is 0.00274. The summed E-state index contributed by atoms with van der Waals surface area (Å²) >= 11 is 0. The Morgan fingerprint density at radius 3 is 2.64 bits per heavy atom. The summed E-state index contributed by atoms with van der Waals surface area (Å²) in [6.07, 6.45) is 2.22. The zero-order chi connectivity index (χ0) is 8.10. The Morgan fingerprint density at radius 1 is 1.45 bits per heavy atom. The molecule has 1 fully saturated rings. The first-order valence-corrected chi connectivity index (χ1v) is 4.19. The summed E-state index contributed by atoms with van der Waals surface area (Å²) < 4.78 is 0. The van der Waals surface area contributed by atoms with Crippen molar-refractivity contribution in [2.75, 3.05) is 19.7 Å². The highest BCUT2D eigenvalue weighted by atomic mass is 16.3. The smallest absolute Gasteiger partial charge is 0.138 e. The fraction of sp³-hybridized carbons (Fsp3) is 0.875. The number of hydrogen-bond donors (Lipinski definition) is 2. The molecule has 0 radical (unpaired) electrons. The van der Waals surface area contributed by atoms with E-state index in [2.05, 4.69) is 5.32 Å². The van der Waals surface area contributed by atoms with Crippen LogP contribution in [0.5, 0.6) is 0 Å². The number of carbonyl (C=O) groups is 1. The lowest BCUT2D eigenvalue weighted by Gasteiger charge is -2.20.